The largest absolute Gasteiger partial charge is 0.506 e. The van der Waals surface area contributed by atoms with Crippen molar-refractivity contribution in [2.24, 2.45) is 0 Å². The molecule has 0 saturated heterocycles. The number of unbranched alkanes of at least 4 members (excludes halogenated alkanes) is 4. The van der Waals surface area contributed by atoms with Crippen molar-refractivity contribution in [1.29, 1.82) is 0 Å². The zero-order valence-corrected chi connectivity index (χ0v) is 34.9. The molecule has 15 nitrogen and oxygen atoms in total. The van der Waals surface area contributed by atoms with Crippen LogP contribution in [0.1, 0.15) is 116 Å². The standard InChI is InChI=1S/C46H58O15/c1-4-5-7-10-27(48)19-29(50)21-31-15-23-13-25-17-33(58-2)39(43(54)35(25)41(52)37(23)45(56)60-31)40-34(59-3)18-26-14-24-16-32(22-30(51)20-28(49)11-8-6-9-12-47)61-46(57)38(24)42(53)36(26)44(40)55/h13-14,17-18,27-32,47-55H,4-12,15-16,19-22H2,1-3H3/t27-,28-,29-,30-,31+,32+/m1/s1. The van der Waals surface area contributed by atoms with Crippen molar-refractivity contribution in [2.45, 2.75) is 133 Å². The fraction of sp³-hybridized carbons (Fsp3) is 0.522. The third-order valence-corrected chi connectivity index (χ3v) is 11.9. The first-order valence-corrected chi connectivity index (χ1v) is 21.1. The quantitative estimate of drug-likeness (QED) is 0.0376. The van der Waals surface area contributed by atoms with Crippen LogP contribution < -0.4 is 9.47 Å². The Morgan fingerprint density at radius 3 is 1.39 bits per heavy atom. The first-order chi connectivity index (χ1) is 29.2. The molecule has 61 heavy (non-hydrogen) atoms. The molecule has 0 amide bonds. The Bertz CT molecular complexity index is 2240. The molecule has 6 rings (SSSR count). The lowest BCUT2D eigenvalue weighted by Crippen LogP contribution is -2.32. The van der Waals surface area contributed by atoms with Crippen LogP contribution in [0.3, 0.4) is 0 Å². The third kappa shape index (κ3) is 9.71. The Hall–Kier alpha value is -5.06. The summed E-state index contributed by atoms with van der Waals surface area (Å²) in [5.74, 6) is -4.10. The molecule has 15 heteroatoms. The molecule has 0 bridgehead atoms. The molecule has 0 aromatic heterocycles. The van der Waals surface area contributed by atoms with E-state index in [0.29, 0.717) is 36.8 Å². The van der Waals surface area contributed by atoms with Crippen LogP contribution in [0.15, 0.2) is 24.3 Å². The molecule has 6 atom stereocenters. The second-order valence-electron chi connectivity index (χ2n) is 16.4. The Morgan fingerprint density at radius 1 is 0.590 bits per heavy atom. The normalized spacial score (nSPS) is 18.2. The number of aliphatic hydroxyl groups excluding tert-OH is 5. The van der Waals surface area contributed by atoms with E-state index in [2.05, 4.69) is 6.92 Å². The van der Waals surface area contributed by atoms with Gasteiger partial charge in [0.15, 0.2) is 0 Å². The van der Waals surface area contributed by atoms with E-state index in [9.17, 15) is 50.4 Å². The maximum Gasteiger partial charge on any atom is 0.342 e. The van der Waals surface area contributed by atoms with E-state index in [4.69, 9.17) is 24.1 Å². The Labute approximate surface area is 353 Å². The van der Waals surface area contributed by atoms with Crippen LogP contribution >= 0.6 is 0 Å². The minimum absolute atomic E-state index is 0.0179. The summed E-state index contributed by atoms with van der Waals surface area (Å²) in [7, 11) is 2.66. The van der Waals surface area contributed by atoms with Crippen molar-refractivity contribution in [3.8, 4) is 45.6 Å². The van der Waals surface area contributed by atoms with Crippen LogP contribution in [0.25, 0.3) is 32.7 Å². The summed E-state index contributed by atoms with van der Waals surface area (Å²) < 4.78 is 22.6. The average Bonchev–Trinajstić information content (AvgIpc) is 3.19. The Morgan fingerprint density at radius 2 is 1.00 bits per heavy atom. The van der Waals surface area contributed by atoms with Gasteiger partial charge in [-0.3, -0.25) is 0 Å². The lowest BCUT2D eigenvalue weighted by atomic mass is 9.87. The van der Waals surface area contributed by atoms with E-state index in [1.165, 1.54) is 26.4 Å². The third-order valence-electron chi connectivity index (χ3n) is 11.9. The van der Waals surface area contributed by atoms with Crippen LogP contribution in [0.4, 0.5) is 0 Å². The van der Waals surface area contributed by atoms with Gasteiger partial charge in [0, 0.05) is 32.3 Å². The summed E-state index contributed by atoms with van der Waals surface area (Å²) in [6.07, 6.45) is 1.59. The minimum Gasteiger partial charge on any atom is -0.506 e. The molecule has 0 unspecified atom stereocenters. The van der Waals surface area contributed by atoms with Crippen LogP contribution in [0.2, 0.25) is 0 Å². The van der Waals surface area contributed by atoms with Gasteiger partial charge >= 0.3 is 11.9 Å². The van der Waals surface area contributed by atoms with E-state index in [1.54, 1.807) is 12.1 Å². The molecule has 4 aromatic carbocycles. The van der Waals surface area contributed by atoms with E-state index < -0.39 is 71.6 Å². The molecule has 0 radical (unpaired) electrons. The lowest BCUT2D eigenvalue weighted by molar-refractivity contribution is -0.000844. The van der Waals surface area contributed by atoms with E-state index in [-0.39, 0.29) is 100 Å². The van der Waals surface area contributed by atoms with Crippen molar-refractivity contribution in [3.05, 3.63) is 46.5 Å². The van der Waals surface area contributed by atoms with Crippen molar-refractivity contribution in [3.63, 3.8) is 0 Å². The number of rotatable bonds is 20. The summed E-state index contributed by atoms with van der Waals surface area (Å²) in [5, 5.41) is 98.5. The van der Waals surface area contributed by atoms with E-state index in [0.717, 1.165) is 25.7 Å². The summed E-state index contributed by atoms with van der Waals surface area (Å²) >= 11 is 0. The molecule has 0 aliphatic carbocycles. The topological polar surface area (TPSA) is 253 Å². The fourth-order valence-electron chi connectivity index (χ4n) is 8.93. The number of hydrogen-bond acceptors (Lipinski definition) is 15. The second-order valence-corrected chi connectivity index (χ2v) is 16.4. The maximum absolute atomic E-state index is 13.4. The zero-order chi connectivity index (χ0) is 44.1. The number of phenols is 4. The molecular formula is C46H58O15. The SMILES string of the molecule is CCCCC[C@@H](O)C[C@@H](O)C[C@@H]1Cc2cc3cc(OC)c(-c4c(OC)cc5cc6c(c(O)c5c4O)C(=O)O[C@H](C[C@H](O)C[C@H](O)CCCCCO)C6)c(O)c3c(O)c2C(=O)O1. The summed E-state index contributed by atoms with van der Waals surface area (Å²) in [6, 6.07) is 6.19. The second kappa shape index (κ2) is 19.8. The van der Waals surface area contributed by atoms with Crippen LogP contribution in [-0.4, -0.2) is 115 Å². The summed E-state index contributed by atoms with van der Waals surface area (Å²) in [5.41, 5.74) is 0.101. The Kier molecular flexibility index (Phi) is 14.7. The number of hydrogen-bond donors (Lipinski definition) is 9. The zero-order valence-electron chi connectivity index (χ0n) is 34.9. The molecule has 0 fully saturated rings. The number of carbonyl (C=O) groups excluding carboxylic acids is 2. The van der Waals surface area contributed by atoms with Crippen molar-refractivity contribution in [2.75, 3.05) is 20.8 Å². The van der Waals surface area contributed by atoms with Gasteiger partial charge in [0.05, 0.1) is 60.5 Å². The van der Waals surface area contributed by atoms with Gasteiger partial charge in [-0.25, -0.2) is 9.59 Å². The number of aromatic hydroxyl groups is 4. The van der Waals surface area contributed by atoms with Gasteiger partial charge in [0.1, 0.15) is 57.8 Å². The predicted octanol–water partition coefficient (Wildman–Crippen LogP) is 5.80. The molecular weight excluding hydrogens is 792 g/mol. The average molecular weight is 851 g/mol. The molecule has 4 aromatic rings. The number of carbonyl (C=O) groups is 2. The number of benzene rings is 4. The van der Waals surface area contributed by atoms with Gasteiger partial charge in [0.25, 0.3) is 0 Å². The van der Waals surface area contributed by atoms with Crippen LogP contribution in [0, 0.1) is 0 Å². The van der Waals surface area contributed by atoms with E-state index in [1.807, 2.05) is 0 Å². The Balaban J connectivity index is 1.31. The molecule has 332 valence electrons. The van der Waals surface area contributed by atoms with Crippen molar-refractivity contribution >= 4 is 33.5 Å². The first-order valence-electron chi connectivity index (χ1n) is 21.1. The van der Waals surface area contributed by atoms with Gasteiger partial charge in [-0.05, 0) is 78.3 Å². The van der Waals surface area contributed by atoms with Crippen molar-refractivity contribution < 1.29 is 74.5 Å². The lowest BCUT2D eigenvalue weighted by Gasteiger charge is -2.29. The summed E-state index contributed by atoms with van der Waals surface area (Å²) in [4.78, 5) is 26.8. The van der Waals surface area contributed by atoms with Crippen LogP contribution in [0.5, 0.6) is 34.5 Å². The summed E-state index contributed by atoms with van der Waals surface area (Å²) in [6.45, 7) is 2.14. The highest BCUT2D eigenvalue weighted by molar-refractivity contribution is 6.13. The van der Waals surface area contributed by atoms with Gasteiger partial charge in [-0.15, -0.1) is 0 Å². The number of esters is 2. The molecule has 2 aliphatic rings. The number of ether oxygens (including phenoxy) is 4. The predicted molar refractivity (Wildman–Crippen MR) is 225 cm³/mol. The van der Waals surface area contributed by atoms with Crippen molar-refractivity contribution in [1.82, 2.24) is 0 Å². The van der Waals surface area contributed by atoms with E-state index >= 15 is 0 Å². The molecule has 0 spiro atoms. The number of aliphatic hydroxyl groups is 5. The highest BCUT2D eigenvalue weighted by Crippen LogP contribution is 2.56. The van der Waals surface area contributed by atoms with Gasteiger partial charge in [-0.1, -0.05) is 39.0 Å². The van der Waals surface area contributed by atoms with Gasteiger partial charge in [0.2, 0.25) is 0 Å². The minimum atomic E-state index is -0.977. The smallest absolute Gasteiger partial charge is 0.342 e. The number of phenolic OH excluding ortho intramolecular Hbond substituents is 4. The highest BCUT2D eigenvalue weighted by atomic mass is 16.6. The van der Waals surface area contributed by atoms with Gasteiger partial charge in [-0.2, -0.15) is 0 Å². The first kappa shape index (κ1) is 45.5. The number of fused-ring (bicyclic) bond motifs is 4. The molecule has 0 saturated carbocycles. The molecule has 2 aliphatic heterocycles. The molecule has 2 heterocycles. The fourth-order valence-corrected chi connectivity index (χ4v) is 8.93. The number of cyclic esters (lactones) is 2. The van der Waals surface area contributed by atoms with Crippen LogP contribution in [-0.2, 0) is 22.3 Å². The maximum atomic E-state index is 13.4. The highest BCUT2D eigenvalue weighted by Gasteiger charge is 2.36. The number of methoxy groups -OCH3 is 2. The molecule has 9 N–H and O–H groups in total. The monoisotopic (exact) mass is 850 g/mol. The van der Waals surface area contributed by atoms with Gasteiger partial charge < -0.3 is 64.9 Å².